The van der Waals surface area contributed by atoms with Gasteiger partial charge in [-0.1, -0.05) is 12.8 Å². The number of alkyl halides is 1. The Balaban J connectivity index is 2.29. The summed E-state index contributed by atoms with van der Waals surface area (Å²) in [6.07, 6.45) is 4.39. The number of nitrogens with one attached hydrogen (secondary N) is 1. The molecule has 1 aliphatic rings. The van der Waals surface area contributed by atoms with Crippen molar-refractivity contribution in [3.63, 3.8) is 0 Å². The fourth-order valence-electron chi connectivity index (χ4n) is 1.83. The van der Waals surface area contributed by atoms with E-state index in [2.05, 4.69) is 5.32 Å². The maximum Gasteiger partial charge on any atom is 0.223 e. The Morgan fingerprint density at radius 2 is 2.21 bits per heavy atom. The molecule has 0 aromatic heterocycles. The zero-order chi connectivity index (χ0) is 10.4. The maximum absolute atomic E-state index is 11.7. The highest BCUT2D eigenvalue weighted by Crippen LogP contribution is 2.24. The van der Waals surface area contributed by atoms with Crippen LogP contribution in [0.4, 0.5) is 0 Å². The monoisotopic (exact) mass is 219 g/mol. The van der Waals surface area contributed by atoms with Gasteiger partial charge in [0.15, 0.2) is 0 Å². The minimum absolute atomic E-state index is 0.0465. The van der Waals surface area contributed by atoms with Crippen LogP contribution in [-0.2, 0) is 9.53 Å². The van der Waals surface area contributed by atoms with Crippen molar-refractivity contribution in [2.75, 3.05) is 19.6 Å². The van der Waals surface area contributed by atoms with Gasteiger partial charge in [-0.2, -0.15) is 0 Å². The number of amides is 1. The quantitative estimate of drug-likeness (QED) is 0.713. The zero-order valence-corrected chi connectivity index (χ0v) is 9.35. The number of methoxy groups -OCH3 is 1. The molecule has 1 rings (SSSR count). The molecule has 1 amide bonds. The number of rotatable bonds is 5. The summed E-state index contributed by atoms with van der Waals surface area (Å²) < 4.78 is 4.96. The van der Waals surface area contributed by atoms with Gasteiger partial charge in [0.05, 0.1) is 12.6 Å². The average Bonchev–Trinajstić information content (AvgIpc) is 2.69. The van der Waals surface area contributed by atoms with E-state index in [1.54, 1.807) is 7.11 Å². The molecule has 0 radical (unpaired) electrons. The van der Waals surface area contributed by atoms with Gasteiger partial charge in [-0.25, -0.2) is 0 Å². The standard InChI is InChI=1S/C10H18ClNO2/c1-14-7-9(6-11)12-10(13)8-4-2-3-5-8/h8-9H,2-7H2,1H3,(H,12,13). The highest BCUT2D eigenvalue weighted by molar-refractivity contribution is 6.18. The largest absolute Gasteiger partial charge is 0.383 e. The molecular formula is C10H18ClNO2. The summed E-state index contributed by atoms with van der Waals surface area (Å²) in [5.74, 6) is 0.759. The van der Waals surface area contributed by atoms with Crippen LogP contribution < -0.4 is 5.32 Å². The van der Waals surface area contributed by atoms with Gasteiger partial charge in [-0.15, -0.1) is 11.6 Å². The Bertz CT molecular complexity index is 181. The molecule has 0 aromatic rings. The molecule has 1 fully saturated rings. The number of hydrogen-bond donors (Lipinski definition) is 1. The molecule has 82 valence electrons. The van der Waals surface area contributed by atoms with Crippen LogP contribution in [0, 0.1) is 5.92 Å². The highest BCUT2D eigenvalue weighted by Gasteiger charge is 2.24. The van der Waals surface area contributed by atoms with Crippen LogP contribution in [0.15, 0.2) is 0 Å². The van der Waals surface area contributed by atoms with Crippen molar-refractivity contribution in [1.29, 1.82) is 0 Å². The first kappa shape index (κ1) is 11.8. The second-order valence-corrected chi connectivity index (χ2v) is 4.11. The minimum atomic E-state index is -0.0465. The predicted octanol–water partition coefficient (Wildman–Crippen LogP) is 1.55. The lowest BCUT2D eigenvalue weighted by molar-refractivity contribution is -0.125. The van der Waals surface area contributed by atoms with Crippen molar-refractivity contribution in [2.24, 2.45) is 5.92 Å². The van der Waals surface area contributed by atoms with E-state index < -0.39 is 0 Å². The van der Waals surface area contributed by atoms with Crippen molar-refractivity contribution in [2.45, 2.75) is 31.7 Å². The Morgan fingerprint density at radius 1 is 1.57 bits per heavy atom. The molecule has 1 N–H and O–H groups in total. The van der Waals surface area contributed by atoms with Gasteiger partial charge in [0.1, 0.15) is 0 Å². The summed E-state index contributed by atoms with van der Waals surface area (Å²) in [5, 5.41) is 2.91. The lowest BCUT2D eigenvalue weighted by Crippen LogP contribution is -2.42. The highest BCUT2D eigenvalue weighted by atomic mass is 35.5. The smallest absolute Gasteiger partial charge is 0.223 e. The second kappa shape index (κ2) is 6.25. The first-order valence-corrected chi connectivity index (χ1v) is 5.66. The predicted molar refractivity (Wildman–Crippen MR) is 56.5 cm³/mol. The number of halogens is 1. The van der Waals surface area contributed by atoms with E-state index >= 15 is 0 Å². The van der Waals surface area contributed by atoms with Gasteiger partial charge in [0, 0.05) is 18.9 Å². The SMILES string of the molecule is COCC(CCl)NC(=O)C1CCCC1. The van der Waals surface area contributed by atoms with Crippen LogP contribution in [0.3, 0.4) is 0 Å². The van der Waals surface area contributed by atoms with Gasteiger partial charge < -0.3 is 10.1 Å². The second-order valence-electron chi connectivity index (χ2n) is 3.80. The van der Waals surface area contributed by atoms with Crippen LogP contribution >= 0.6 is 11.6 Å². The Kier molecular flexibility index (Phi) is 5.26. The topological polar surface area (TPSA) is 38.3 Å². The first-order chi connectivity index (χ1) is 6.77. The molecule has 1 saturated carbocycles. The van der Waals surface area contributed by atoms with Crippen molar-refractivity contribution in [3.05, 3.63) is 0 Å². The van der Waals surface area contributed by atoms with Gasteiger partial charge >= 0.3 is 0 Å². The Hall–Kier alpha value is -0.280. The molecule has 0 aliphatic heterocycles. The van der Waals surface area contributed by atoms with Crippen LogP contribution in [-0.4, -0.2) is 31.5 Å². The number of ether oxygens (including phenoxy) is 1. The minimum Gasteiger partial charge on any atom is -0.383 e. The molecule has 14 heavy (non-hydrogen) atoms. The van der Waals surface area contributed by atoms with E-state index in [0.717, 1.165) is 12.8 Å². The zero-order valence-electron chi connectivity index (χ0n) is 8.59. The summed E-state index contributed by atoms with van der Waals surface area (Å²) >= 11 is 5.70. The fourth-order valence-corrected chi connectivity index (χ4v) is 2.00. The van der Waals surface area contributed by atoms with Crippen molar-refractivity contribution < 1.29 is 9.53 Å². The summed E-state index contributed by atoms with van der Waals surface area (Å²) in [5.41, 5.74) is 0. The van der Waals surface area contributed by atoms with E-state index in [1.165, 1.54) is 12.8 Å². The van der Waals surface area contributed by atoms with Crippen molar-refractivity contribution in [3.8, 4) is 0 Å². The molecule has 1 unspecified atom stereocenters. The summed E-state index contributed by atoms with van der Waals surface area (Å²) in [6, 6.07) is -0.0465. The van der Waals surface area contributed by atoms with Crippen LogP contribution in [0.2, 0.25) is 0 Å². The fraction of sp³-hybridized carbons (Fsp3) is 0.900. The molecular weight excluding hydrogens is 202 g/mol. The third-order valence-corrected chi connectivity index (χ3v) is 3.00. The van der Waals surface area contributed by atoms with E-state index in [-0.39, 0.29) is 17.9 Å². The van der Waals surface area contributed by atoms with E-state index in [1.807, 2.05) is 0 Å². The summed E-state index contributed by atoms with van der Waals surface area (Å²) in [6.45, 7) is 0.488. The number of carbonyl (C=O) groups is 1. The average molecular weight is 220 g/mol. The molecule has 1 atom stereocenters. The molecule has 0 saturated heterocycles. The van der Waals surface area contributed by atoms with Gasteiger partial charge in [0.2, 0.25) is 5.91 Å². The third kappa shape index (κ3) is 3.46. The van der Waals surface area contributed by atoms with Gasteiger partial charge in [0.25, 0.3) is 0 Å². The lowest BCUT2D eigenvalue weighted by atomic mass is 10.1. The Labute approximate surface area is 90.1 Å². The molecule has 0 spiro atoms. The lowest BCUT2D eigenvalue weighted by Gasteiger charge is -2.17. The normalized spacial score (nSPS) is 19.6. The Morgan fingerprint density at radius 3 is 2.71 bits per heavy atom. The summed E-state index contributed by atoms with van der Waals surface area (Å²) in [4.78, 5) is 11.7. The molecule has 3 nitrogen and oxygen atoms in total. The van der Waals surface area contributed by atoms with E-state index in [4.69, 9.17) is 16.3 Å². The number of carbonyl (C=O) groups excluding carboxylic acids is 1. The van der Waals surface area contributed by atoms with Gasteiger partial charge in [-0.3, -0.25) is 4.79 Å². The third-order valence-electron chi connectivity index (χ3n) is 2.63. The van der Waals surface area contributed by atoms with E-state index in [0.29, 0.717) is 12.5 Å². The molecule has 0 heterocycles. The van der Waals surface area contributed by atoms with Gasteiger partial charge in [-0.05, 0) is 12.8 Å². The molecule has 0 aromatic carbocycles. The van der Waals surface area contributed by atoms with Crippen LogP contribution in [0.1, 0.15) is 25.7 Å². The van der Waals surface area contributed by atoms with Crippen LogP contribution in [0.5, 0.6) is 0 Å². The van der Waals surface area contributed by atoms with E-state index in [9.17, 15) is 4.79 Å². The number of hydrogen-bond acceptors (Lipinski definition) is 2. The molecule has 1 aliphatic carbocycles. The summed E-state index contributed by atoms with van der Waals surface area (Å²) in [7, 11) is 1.61. The molecule has 4 heteroatoms. The molecule has 0 bridgehead atoms. The van der Waals surface area contributed by atoms with Crippen LogP contribution in [0.25, 0.3) is 0 Å². The van der Waals surface area contributed by atoms with Crippen molar-refractivity contribution >= 4 is 17.5 Å². The first-order valence-electron chi connectivity index (χ1n) is 5.13. The van der Waals surface area contributed by atoms with Crippen molar-refractivity contribution in [1.82, 2.24) is 5.32 Å². The maximum atomic E-state index is 11.7.